The lowest BCUT2D eigenvalue weighted by Gasteiger charge is -2.11. The van der Waals surface area contributed by atoms with Crippen LogP contribution >= 0.6 is 15.9 Å². The van der Waals surface area contributed by atoms with E-state index in [4.69, 9.17) is 0 Å². The van der Waals surface area contributed by atoms with Crippen molar-refractivity contribution in [3.8, 4) is 5.75 Å². The van der Waals surface area contributed by atoms with Gasteiger partial charge < -0.3 is 10.1 Å². The highest BCUT2D eigenvalue weighted by Gasteiger charge is 2.14. The van der Waals surface area contributed by atoms with E-state index in [1.54, 1.807) is 6.07 Å². The maximum absolute atomic E-state index is 12.3. The van der Waals surface area contributed by atoms with Crippen LogP contribution in [0.4, 0.5) is 8.78 Å². The molecule has 0 aromatic heterocycles. The number of benzene rings is 2. The fourth-order valence-electron chi connectivity index (χ4n) is 1.73. The minimum Gasteiger partial charge on any atom is -0.434 e. The lowest BCUT2D eigenvalue weighted by molar-refractivity contribution is -0.0501. The average molecular weight is 356 g/mol. The lowest BCUT2D eigenvalue weighted by Crippen LogP contribution is -2.23. The third-order valence-electron chi connectivity index (χ3n) is 2.71. The molecule has 2 aromatic rings. The first-order chi connectivity index (χ1) is 10.1. The summed E-state index contributed by atoms with van der Waals surface area (Å²) in [6.07, 6.45) is 0. The second-order valence-corrected chi connectivity index (χ2v) is 5.10. The zero-order valence-electron chi connectivity index (χ0n) is 10.9. The minimum absolute atomic E-state index is 0.0786. The molecule has 0 fully saturated rings. The van der Waals surface area contributed by atoms with Crippen molar-refractivity contribution in [1.82, 2.24) is 5.32 Å². The molecule has 3 nitrogen and oxygen atoms in total. The molecular formula is C15H12BrF2NO2. The second kappa shape index (κ2) is 7.17. The van der Waals surface area contributed by atoms with Crippen LogP contribution in [0, 0.1) is 0 Å². The molecule has 0 saturated heterocycles. The summed E-state index contributed by atoms with van der Waals surface area (Å²) >= 11 is 3.32. The van der Waals surface area contributed by atoms with Gasteiger partial charge in [-0.1, -0.05) is 40.2 Å². The van der Waals surface area contributed by atoms with Crippen LogP contribution in [0.5, 0.6) is 5.75 Å². The molecule has 2 rings (SSSR count). The van der Waals surface area contributed by atoms with E-state index in [-0.39, 0.29) is 11.3 Å². The predicted octanol–water partition coefficient (Wildman–Crippen LogP) is 3.98. The largest absolute Gasteiger partial charge is 0.434 e. The first-order valence-electron chi connectivity index (χ1n) is 6.13. The Balaban J connectivity index is 2.05. The third kappa shape index (κ3) is 4.53. The van der Waals surface area contributed by atoms with Gasteiger partial charge in [0.25, 0.3) is 5.91 Å². The number of hydrogen-bond acceptors (Lipinski definition) is 2. The molecule has 0 heterocycles. The third-order valence-corrected chi connectivity index (χ3v) is 3.24. The molecule has 0 atom stereocenters. The van der Waals surface area contributed by atoms with Gasteiger partial charge in [0.2, 0.25) is 0 Å². The van der Waals surface area contributed by atoms with Crippen LogP contribution in [0.1, 0.15) is 15.9 Å². The lowest BCUT2D eigenvalue weighted by atomic mass is 10.1. The van der Waals surface area contributed by atoms with Crippen molar-refractivity contribution in [2.45, 2.75) is 13.2 Å². The summed E-state index contributed by atoms with van der Waals surface area (Å²) in [5.74, 6) is -0.602. The molecular weight excluding hydrogens is 344 g/mol. The second-order valence-electron chi connectivity index (χ2n) is 4.18. The van der Waals surface area contributed by atoms with Crippen molar-refractivity contribution >= 4 is 21.8 Å². The number of para-hydroxylation sites is 1. The van der Waals surface area contributed by atoms with Crippen molar-refractivity contribution < 1.29 is 18.3 Å². The van der Waals surface area contributed by atoms with Gasteiger partial charge in [-0.15, -0.1) is 0 Å². The predicted molar refractivity (Wildman–Crippen MR) is 78.4 cm³/mol. The maximum atomic E-state index is 12.3. The van der Waals surface area contributed by atoms with E-state index < -0.39 is 12.5 Å². The summed E-state index contributed by atoms with van der Waals surface area (Å²) in [6.45, 7) is -2.67. The first-order valence-corrected chi connectivity index (χ1v) is 6.92. The number of carbonyl (C=O) groups excluding carboxylic acids is 1. The molecule has 21 heavy (non-hydrogen) atoms. The van der Waals surface area contributed by atoms with Crippen LogP contribution in [0.25, 0.3) is 0 Å². The highest BCUT2D eigenvalue weighted by molar-refractivity contribution is 9.10. The number of amides is 1. The van der Waals surface area contributed by atoms with Gasteiger partial charge in [0.15, 0.2) is 0 Å². The number of hydrogen-bond donors (Lipinski definition) is 1. The van der Waals surface area contributed by atoms with Crippen LogP contribution in [-0.2, 0) is 6.54 Å². The number of ether oxygens (including phenoxy) is 1. The van der Waals surface area contributed by atoms with Gasteiger partial charge in [0.1, 0.15) is 5.75 Å². The van der Waals surface area contributed by atoms with E-state index >= 15 is 0 Å². The topological polar surface area (TPSA) is 38.3 Å². The van der Waals surface area contributed by atoms with Gasteiger partial charge in [-0.25, -0.2) is 0 Å². The fourth-order valence-corrected chi connectivity index (χ4v) is 2.00. The number of carbonyl (C=O) groups is 1. The van der Waals surface area contributed by atoms with E-state index in [2.05, 4.69) is 26.0 Å². The Labute approximate surface area is 129 Å². The number of halogens is 3. The van der Waals surface area contributed by atoms with E-state index in [0.29, 0.717) is 6.54 Å². The number of alkyl halides is 2. The standard InChI is InChI=1S/C15H12BrF2NO2/c16-11-7-5-10(6-8-11)9-19-14(20)12-3-1-2-4-13(12)21-15(17)18/h1-8,15H,9H2,(H,19,20). The summed E-state index contributed by atoms with van der Waals surface area (Å²) in [4.78, 5) is 12.0. The zero-order valence-corrected chi connectivity index (χ0v) is 12.4. The highest BCUT2D eigenvalue weighted by Crippen LogP contribution is 2.20. The molecule has 0 aliphatic rings. The Hall–Kier alpha value is -1.95. The molecule has 1 N–H and O–H groups in total. The summed E-state index contributed by atoms with van der Waals surface area (Å²) in [5.41, 5.74) is 0.980. The highest BCUT2D eigenvalue weighted by atomic mass is 79.9. The first kappa shape index (κ1) is 15.4. The smallest absolute Gasteiger partial charge is 0.387 e. The number of nitrogens with one attached hydrogen (secondary N) is 1. The Morgan fingerprint density at radius 3 is 2.48 bits per heavy atom. The summed E-state index contributed by atoms with van der Waals surface area (Å²) < 4.78 is 29.9. The van der Waals surface area contributed by atoms with Crippen molar-refractivity contribution in [2.24, 2.45) is 0 Å². The fraction of sp³-hybridized carbons (Fsp3) is 0.133. The normalized spacial score (nSPS) is 10.5. The molecule has 0 bridgehead atoms. The molecule has 0 unspecified atom stereocenters. The van der Waals surface area contributed by atoms with Crippen LogP contribution in [-0.4, -0.2) is 12.5 Å². The van der Waals surface area contributed by atoms with Crippen LogP contribution < -0.4 is 10.1 Å². The zero-order chi connectivity index (χ0) is 15.2. The summed E-state index contributed by atoms with van der Waals surface area (Å²) in [5, 5.41) is 2.67. The Kier molecular flexibility index (Phi) is 5.27. The van der Waals surface area contributed by atoms with Crippen molar-refractivity contribution in [2.75, 3.05) is 0 Å². The Morgan fingerprint density at radius 2 is 1.81 bits per heavy atom. The summed E-state index contributed by atoms with van der Waals surface area (Å²) in [6, 6.07) is 13.3. The minimum atomic E-state index is -2.97. The monoisotopic (exact) mass is 355 g/mol. The van der Waals surface area contributed by atoms with Gasteiger partial charge in [0, 0.05) is 11.0 Å². The Bertz CT molecular complexity index is 617. The van der Waals surface area contributed by atoms with Gasteiger partial charge in [-0.05, 0) is 29.8 Å². The Morgan fingerprint density at radius 1 is 1.14 bits per heavy atom. The number of rotatable bonds is 5. The van der Waals surface area contributed by atoms with Crippen molar-refractivity contribution in [1.29, 1.82) is 0 Å². The van der Waals surface area contributed by atoms with E-state index in [0.717, 1.165) is 10.0 Å². The molecule has 0 aliphatic carbocycles. The molecule has 0 saturated carbocycles. The van der Waals surface area contributed by atoms with Crippen LogP contribution in [0.15, 0.2) is 53.0 Å². The van der Waals surface area contributed by atoms with Gasteiger partial charge >= 0.3 is 6.61 Å². The summed E-state index contributed by atoms with van der Waals surface area (Å²) in [7, 11) is 0. The van der Waals surface area contributed by atoms with Crippen LogP contribution in [0.3, 0.4) is 0 Å². The molecule has 2 aromatic carbocycles. The van der Waals surface area contributed by atoms with Crippen LogP contribution in [0.2, 0.25) is 0 Å². The van der Waals surface area contributed by atoms with E-state index in [1.165, 1.54) is 18.2 Å². The SMILES string of the molecule is O=C(NCc1ccc(Br)cc1)c1ccccc1OC(F)F. The van der Waals surface area contributed by atoms with E-state index in [9.17, 15) is 13.6 Å². The van der Waals surface area contributed by atoms with Gasteiger partial charge in [-0.2, -0.15) is 8.78 Å². The molecule has 110 valence electrons. The molecule has 0 radical (unpaired) electrons. The van der Waals surface area contributed by atoms with E-state index in [1.807, 2.05) is 24.3 Å². The molecule has 0 spiro atoms. The molecule has 1 amide bonds. The average Bonchev–Trinajstić information content (AvgIpc) is 2.46. The maximum Gasteiger partial charge on any atom is 0.387 e. The van der Waals surface area contributed by atoms with Gasteiger partial charge in [-0.3, -0.25) is 4.79 Å². The van der Waals surface area contributed by atoms with Crippen molar-refractivity contribution in [3.63, 3.8) is 0 Å². The van der Waals surface area contributed by atoms with Crippen molar-refractivity contribution in [3.05, 3.63) is 64.1 Å². The quantitative estimate of drug-likeness (QED) is 0.880. The van der Waals surface area contributed by atoms with Gasteiger partial charge in [0.05, 0.1) is 5.56 Å². The molecule has 0 aliphatic heterocycles. The molecule has 6 heteroatoms.